The first-order valence-corrected chi connectivity index (χ1v) is 8.37. The van der Waals surface area contributed by atoms with E-state index in [0.29, 0.717) is 18.6 Å². The topological polar surface area (TPSA) is 71.0 Å². The van der Waals surface area contributed by atoms with Gasteiger partial charge in [-0.2, -0.15) is 8.78 Å². The summed E-state index contributed by atoms with van der Waals surface area (Å²) in [5, 5.41) is 12.0. The predicted molar refractivity (Wildman–Crippen MR) is 85.7 cm³/mol. The fourth-order valence-electron chi connectivity index (χ4n) is 3.42. The van der Waals surface area contributed by atoms with E-state index >= 15 is 0 Å². The Morgan fingerprint density at radius 3 is 2.80 bits per heavy atom. The van der Waals surface area contributed by atoms with Gasteiger partial charge in [0.2, 0.25) is 0 Å². The van der Waals surface area contributed by atoms with Crippen LogP contribution in [0.4, 0.5) is 8.78 Å². The molecule has 0 radical (unpaired) electrons. The van der Waals surface area contributed by atoms with Crippen LogP contribution in [-0.4, -0.2) is 67.0 Å². The van der Waals surface area contributed by atoms with E-state index in [1.807, 2.05) is 0 Å². The van der Waals surface area contributed by atoms with Crippen LogP contribution >= 0.6 is 0 Å². The van der Waals surface area contributed by atoms with Crippen molar-refractivity contribution >= 4 is 5.91 Å². The Bertz CT molecular complexity index is 585. The Morgan fingerprint density at radius 2 is 2.12 bits per heavy atom. The van der Waals surface area contributed by atoms with E-state index in [9.17, 15) is 13.6 Å². The molecular formula is C17H22F2N2O4. The van der Waals surface area contributed by atoms with Gasteiger partial charge in [-0.05, 0) is 37.1 Å². The molecule has 0 bridgehead atoms. The van der Waals surface area contributed by atoms with Crippen LogP contribution in [0.5, 0.6) is 5.75 Å². The predicted octanol–water partition coefficient (Wildman–Crippen LogP) is 1.24. The molecule has 2 aliphatic heterocycles. The van der Waals surface area contributed by atoms with Crippen LogP contribution in [0.2, 0.25) is 0 Å². The number of fused-ring (bicyclic) bond motifs is 1. The lowest BCUT2D eigenvalue weighted by atomic mass is 10.1. The molecule has 2 saturated heterocycles. The highest BCUT2D eigenvalue weighted by atomic mass is 19.3. The zero-order valence-electron chi connectivity index (χ0n) is 13.7. The molecule has 1 aromatic carbocycles. The molecule has 1 amide bonds. The van der Waals surface area contributed by atoms with Gasteiger partial charge in [-0.3, -0.25) is 9.69 Å². The molecule has 6 nitrogen and oxygen atoms in total. The van der Waals surface area contributed by atoms with E-state index in [0.717, 1.165) is 19.5 Å². The number of aliphatic hydroxyl groups is 1. The summed E-state index contributed by atoms with van der Waals surface area (Å²) in [4.78, 5) is 14.6. The second kappa shape index (κ2) is 8.07. The number of alkyl halides is 2. The maximum absolute atomic E-state index is 12.3. The lowest BCUT2D eigenvalue weighted by Gasteiger charge is -2.34. The van der Waals surface area contributed by atoms with E-state index in [1.165, 1.54) is 24.3 Å². The first-order chi connectivity index (χ1) is 12.0. The number of hydrogen-bond acceptors (Lipinski definition) is 5. The Morgan fingerprint density at radius 1 is 1.36 bits per heavy atom. The molecule has 3 atom stereocenters. The molecule has 0 unspecified atom stereocenters. The Hall–Kier alpha value is -1.77. The minimum atomic E-state index is -2.88. The summed E-state index contributed by atoms with van der Waals surface area (Å²) in [6.45, 7) is -0.663. The third-order valence-electron chi connectivity index (χ3n) is 4.62. The molecule has 2 N–H and O–H groups in total. The first kappa shape index (κ1) is 18.0. The lowest BCUT2D eigenvalue weighted by Crippen LogP contribution is -2.46. The molecule has 138 valence electrons. The van der Waals surface area contributed by atoms with Crippen LogP contribution in [0.3, 0.4) is 0 Å². The summed E-state index contributed by atoms with van der Waals surface area (Å²) in [6, 6.07) is 5.94. The molecule has 0 aromatic heterocycles. The second-order valence-corrected chi connectivity index (χ2v) is 6.38. The summed E-state index contributed by atoms with van der Waals surface area (Å²) in [5.74, 6) is -0.210. The van der Waals surface area contributed by atoms with Crippen molar-refractivity contribution < 1.29 is 28.2 Å². The van der Waals surface area contributed by atoms with Crippen LogP contribution in [-0.2, 0) is 4.74 Å². The molecule has 3 rings (SSSR count). The van der Waals surface area contributed by atoms with Crippen LogP contribution in [0.25, 0.3) is 0 Å². The van der Waals surface area contributed by atoms with Crippen LogP contribution < -0.4 is 10.1 Å². The van der Waals surface area contributed by atoms with Gasteiger partial charge in [0, 0.05) is 37.3 Å². The van der Waals surface area contributed by atoms with Crippen molar-refractivity contribution in [3.8, 4) is 5.75 Å². The third-order valence-corrected chi connectivity index (χ3v) is 4.62. The molecule has 8 heteroatoms. The van der Waals surface area contributed by atoms with Crippen molar-refractivity contribution in [1.29, 1.82) is 0 Å². The standard InChI is InChI=1S/C17H22F2N2O4/c18-17(19)25-14-3-1-11(2-4-14)16(23)20-12-7-13-10-24-15(5-6-22)9-21(13)8-12/h1-4,12-13,15,17,22H,5-10H2,(H,20,23)/t12-,13+,15+/m1/s1. The normalized spacial score (nSPS) is 26.5. The number of amides is 1. The van der Waals surface area contributed by atoms with E-state index in [1.54, 1.807) is 0 Å². The van der Waals surface area contributed by atoms with Gasteiger partial charge in [-0.25, -0.2) is 0 Å². The molecule has 1 aromatic rings. The van der Waals surface area contributed by atoms with Crippen molar-refractivity contribution in [2.45, 2.75) is 37.6 Å². The van der Waals surface area contributed by atoms with E-state index in [2.05, 4.69) is 15.0 Å². The van der Waals surface area contributed by atoms with Crippen molar-refractivity contribution in [3.05, 3.63) is 29.8 Å². The first-order valence-electron chi connectivity index (χ1n) is 8.37. The second-order valence-electron chi connectivity index (χ2n) is 6.38. The van der Waals surface area contributed by atoms with Crippen molar-refractivity contribution in [3.63, 3.8) is 0 Å². The van der Waals surface area contributed by atoms with Crippen molar-refractivity contribution in [2.75, 3.05) is 26.3 Å². The Kier molecular flexibility index (Phi) is 5.82. The minimum absolute atomic E-state index is 0.0194. The van der Waals surface area contributed by atoms with E-state index in [4.69, 9.17) is 9.84 Å². The quantitative estimate of drug-likeness (QED) is 0.803. The summed E-state index contributed by atoms with van der Waals surface area (Å²) in [6.07, 6.45) is 1.47. The number of aliphatic hydroxyl groups excluding tert-OH is 1. The van der Waals surface area contributed by atoms with Gasteiger partial charge in [0.05, 0.1) is 12.7 Å². The van der Waals surface area contributed by atoms with Gasteiger partial charge < -0.3 is 19.9 Å². The molecule has 25 heavy (non-hydrogen) atoms. The number of rotatable bonds is 6. The summed E-state index contributed by atoms with van der Waals surface area (Å²) < 4.78 is 34.3. The number of ether oxygens (including phenoxy) is 2. The maximum atomic E-state index is 12.3. The number of benzene rings is 1. The molecule has 0 saturated carbocycles. The highest BCUT2D eigenvalue weighted by molar-refractivity contribution is 5.94. The minimum Gasteiger partial charge on any atom is -0.435 e. The Balaban J connectivity index is 1.52. The average molecular weight is 356 g/mol. The van der Waals surface area contributed by atoms with Gasteiger partial charge in [0.15, 0.2) is 0 Å². The largest absolute Gasteiger partial charge is 0.435 e. The zero-order valence-corrected chi connectivity index (χ0v) is 13.7. The maximum Gasteiger partial charge on any atom is 0.387 e. The van der Waals surface area contributed by atoms with E-state index in [-0.39, 0.29) is 36.5 Å². The highest BCUT2D eigenvalue weighted by Crippen LogP contribution is 2.24. The monoisotopic (exact) mass is 356 g/mol. The SMILES string of the molecule is O=C(N[C@@H]1C[C@H]2CO[C@@H](CCO)CN2C1)c1ccc(OC(F)F)cc1. The summed E-state index contributed by atoms with van der Waals surface area (Å²) >= 11 is 0. The number of nitrogens with one attached hydrogen (secondary N) is 1. The summed E-state index contributed by atoms with van der Waals surface area (Å²) in [7, 11) is 0. The van der Waals surface area contributed by atoms with E-state index < -0.39 is 6.61 Å². The number of carbonyl (C=O) groups is 1. The summed E-state index contributed by atoms with van der Waals surface area (Å²) in [5.41, 5.74) is 0.404. The zero-order chi connectivity index (χ0) is 17.8. The number of nitrogens with zero attached hydrogens (tertiary/aromatic N) is 1. The molecule has 0 spiro atoms. The third kappa shape index (κ3) is 4.65. The van der Waals surface area contributed by atoms with Crippen LogP contribution in [0.15, 0.2) is 24.3 Å². The number of hydrogen-bond donors (Lipinski definition) is 2. The highest BCUT2D eigenvalue weighted by Gasteiger charge is 2.37. The molecule has 2 aliphatic rings. The van der Waals surface area contributed by atoms with Gasteiger partial charge in [0.25, 0.3) is 5.91 Å². The molecule has 0 aliphatic carbocycles. The van der Waals surface area contributed by atoms with Gasteiger partial charge in [-0.1, -0.05) is 0 Å². The average Bonchev–Trinajstić information content (AvgIpc) is 2.96. The smallest absolute Gasteiger partial charge is 0.387 e. The van der Waals surface area contributed by atoms with Crippen LogP contribution in [0.1, 0.15) is 23.2 Å². The van der Waals surface area contributed by atoms with Crippen LogP contribution in [0, 0.1) is 0 Å². The fourth-order valence-corrected chi connectivity index (χ4v) is 3.42. The molecule has 2 heterocycles. The van der Waals surface area contributed by atoms with Crippen molar-refractivity contribution in [2.24, 2.45) is 0 Å². The number of halogens is 2. The van der Waals surface area contributed by atoms with Gasteiger partial charge in [0.1, 0.15) is 5.75 Å². The lowest BCUT2D eigenvalue weighted by molar-refractivity contribution is -0.0567. The van der Waals surface area contributed by atoms with Crippen molar-refractivity contribution in [1.82, 2.24) is 10.2 Å². The molecule has 2 fully saturated rings. The fraction of sp³-hybridized carbons (Fsp3) is 0.588. The number of carbonyl (C=O) groups excluding carboxylic acids is 1. The van der Waals surface area contributed by atoms with Gasteiger partial charge in [-0.15, -0.1) is 0 Å². The Labute approximate surface area is 144 Å². The van der Waals surface area contributed by atoms with Gasteiger partial charge >= 0.3 is 6.61 Å². The number of morpholine rings is 1. The molecular weight excluding hydrogens is 334 g/mol.